The average molecular weight is 239 g/mol. The van der Waals surface area contributed by atoms with Crippen molar-refractivity contribution >= 4 is 21.7 Å². The number of carbonyl (C=O) groups excluding carboxylic acids is 1. The first-order valence-corrected chi connectivity index (χ1v) is 5.26. The molecule has 1 aromatic carbocycles. The second-order valence-corrected chi connectivity index (χ2v) is 4.44. The van der Waals surface area contributed by atoms with E-state index in [9.17, 15) is 4.79 Å². The van der Waals surface area contributed by atoms with Crippen LogP contribution in [0.25, 0.3) is 0 Å². The van der Waals surface area contributed by atoms with E-state index in [-0.39, 0.29) is 0 Å². The third kappa shape index (κ3) is 1.68. The van der Waals surface area contributed by atoms with Gasteiger partial charge in [0.1, 0.15) is 5.78 Å². The Morgan fingerprint density at radius 1 is 1.23 bits per heavy atom. The summed E-state index contributed by atoms with van der Waals surface area (Å²) in [6.45, 7) is 2.08. The van der Waals surface area contributed by atoms with Crippen molar-refractivity contribution in [2.75, 3.05) is 0 Å². The van der Waals surface area contributed by atoms with Gasteiger partial charge in [0, 0.05) is 17.3 Å². The quantitative estimate of drug-likeness (QED) is 0.680. The summed E-state index contributed by atoms with van der Waals surface area (Å²) in [6.07, 6.45) is 2.25. The first-order valence-electron chi connectivity index (χ1n) is 4.46. The van der Waals surface area contributed by atoms with Gasteiger partial charge in [-0.05, 0) is 36.1 Å². The molecule has 0 aliphatic heterocycles. The summed E-state index contributed by atoms with van der Waals surface area (Å²) in [5.74, 6) is 0.364. The minimum Gasteiger partial charge on any atom is -0.299 e. The lowest BCUT2D eigenvalue weighted by atomic mass is 9.90. The number of halogens is 1. The molecule has 1 nitrogen and oxygen atoms in total. The molecule has 0 radical (unpaired) electrons. The molecule has 0 atom stereocenters. The molecule has 68 valence electrons. The monoisotopic (exact) mass is 238 g/mol. The van der Waals surface area contributed by atoms with E-state index >= 15 is 0 Å². The van der Waals surface area contributed by atoms with Crippen molar-refractivity contribution in [3.8, 4) is 0 Å². The van der Waals surface area contributed by atoms with Crippen molar-refractivity contribution in [1.82, 2.24) is 0 Å². The van der Waals surface area contributed by atoms with E-state index in [1.165, 1.54) is 16.7 Å². The summed E-state index contributed by atoms with van der Waals surface area (Å²) < 4.78 is 1.11. The van der Waals surface area contributed by atoms with Crippen LogP contribution in [0, 0.1) is 6.92 Å². The van der Waals surface area contributed by atoms with Crippen LogP contribution in [-0.2, 0) is 17.6 Å². The van der Waals surface area contributed by atoms with Gasteiger partial charge in [0.05, 0.1) is 0 Å². The van der Waals surface area contributed by atoms with E-state index in [1.54, 1.807) is 0 Å². The standard InChI is InChI=1S/C11H11BrO/c1-7-4-8-2-3-10(13)5-9(8)6-11(7)12/h4,6H,2-3,5H2,1H3. The zero-order chi connectivity index (χ0) is 9.42. The lowest BCUT2D eigenvalue weighted by Crippen LogP contribution is -2.13. The van der Waals surface area contributed by atoms with Crippen molar-refractivity contribution in [3.63, 3.8) is 0 Å². The van der Waals surface area contributed by atoms with Gasteiger partial charge in [-0.15, -0.1) is 0 Å². The number of aryl methyl sites for hydroxylation is 2. The molecule has 0 saturated carbocycles. The topological polar surface area (TPSA) is 17.1 Å². The molecule has 0 bridgehead atoms. The summed E-state index contributed by atoms with van der Waals surface area (Å²) in [4.78, 5) is 11.2. The highest BCUT2D eigenvalue weighted by Gasteiger charge is 2.16. The maximum absolute atomic E-state index is 11.2. The molecule has 0 fully saturated rings. The van der Waals surface area contributed by atoms with Gasteiger partial charge in [0.15, 0.2) is 0 Å². The zero-order valence-electron chi connectivity index (χ0n) is 7.56. The molecule has 2 heteroatoms. The lowest BCUT2D eigenvalue weighted by molar-refractivity contribution is -0.118. The minimum atomic E-state index is 0.364. The molecule has 0 heterocycles. The highest BCUT2D eigenvalue weighted by Crippen LogP contribution is 2.26. The number of carbonyl (C=O) groups is 1. The number of fused-ring (bicyclic) bond motifs is 1. The van der Waals surface area contributed by atoms with Gasteiger partial charge in [-0.25, -0.2) is 0 Å². The number of Topliss-reactive ketones (excluding diaryl/α,β-unsaturated/α-hetero) is 1. The second kappa shape index (κ2) is 3.26. The predicted octanol–water partition coefficient (Wildman–Crippen LogP) is 2.82. The fourth-order valence-electron chi connectivity index (χ4n) is 1.75. The highest BCUT2D eigenvalue weighted by molar-refractivity contribution is 9.10. The smallest absolute Gasteiger partial charge is 0.137 e. The van der Waals surface area contributed by atoms with Crippen LogP contribution in [0.3, 0.4) is 0 Å². The van der Waals surface area contributed by atoms with E-state index in [0.29, 0.717) is 18.6 Å². The lowest BCUT2D eigenvalue weighted by Gasteiger charge is -2.16. The Balaban J connectivity index is 2.49. The van der Waals surface area contributed by atoms with Crippen molar-refractivity contribution in [3.05, 3.63) is 33.3 Å². The maximum atomic E-state index is 11.2. The SMILES string of the molecule is Cc1cc2c(cc1Br)CC(=O)CC2. The van der Waals surface area contributed by atoms with Gasteiger partial charge >= 0.3 is 0 Å². The van der Waals surface area contributed by atoms with E-state index in [1.807, 2.05) is 0 Å². The van der Waals surface area contributed by atoms with Gasteiger partial charge in [-0.3, -0.25) is 4.79 Å². The van der Waals surface area contributed by atoms with Gasteiger partial charge in [0.2, 0.25) is 0 Å². The molecule has 0 spiro atoms. The van der Waals surface area contributed by atoms with Crippen LogP contribution in [0.2, 0.25) is 0 Å². The highest BCUT2D eigenvalue weighted by atomic mass is 79.9. The van der Waals surface area contributed by atoms with Crippen LogP contribution in [-0.4, -0.2) is 5.78 Å². The van der Waals surface area contributed by atoms with Crippen molar-refractivity contribution in [2.45, 2.75) is 26.2 Å². The largest absolute Gasteiger partial charge is 0.299 e. The Hall–Kier alpha value is -0.630. The van der Waals surface area contributed by atoms with Crippen molar-refractivity contribution < 1.29 is 4.79 Å². The summed E-state index contributed by atoms with van der Waals surface area (Å²) >= 11 is 3.48. The zero-order valence-corrected chi connectivity index (χ0v) is 9.15. The maximum Gasteiger partial charge on any atom is 0.137 e. The van der Waals surface area contributed by atoms with E-state index in [2.05, 4.69) is 35.0 Å². The summed E-state index contributed by atoms with van der Waals surface area (Å²) in [7, 11) is 0. The van der Waals surface area contributed by atoms with Crippen LogP contribution < -0.4 is 0 Å². The molecule has 1 aromatic rings. The summed E-state index contributed by atoms with van der Waals surface area (Å²) in [5, 5.41) is 0. The molecule has 13 heavy (non-hydrogen) atoms. The van der Waals surface area contributed by atoms with Gasteiger partial charge in [-0.1, -0.05) is 22.0 Å². The van der Waals surface area contributed by atoms with Gasteiger partial charge in [0.25, 0.3) is 0 Å². The normalized spacial score (nSPS) is 15.7. The Labute approximate surface area is 86.3 Å². The fourth-order valence-corrected chi connectivity index (χ4v) is 2.15. The minimum absolute atomic E-state index is 0.364. The van der Waals surface area contributed by atoms with Crippen LogP contribution in [0.15, 0.2) is 16.6 Å². The van der Waals surface area contributed by atoms with Gasteiger partial charge < -0.3 is 0 Å². The van der Waals surface area contributed by atoms with Crippen molar-refractivity contribution in [2.24, 2.45) is 0 Å². The molecular formula is C11H11BrO. The number of rotatable bonds is 0. The molecule has 0 amide bonds. The van der Waals surface area contributed by atoms with E-state index < -0.39 is 0 Å². The second-order valence-electron chi connectivity index (χ2n) is 3.59. The molecule has 2 rings (SSSR count). The van der Waals surface area contributed by atoms with Crippen molar-refractivity contribution in [1.29, 1.82) is 0 Å². The van der Waals surface area contributed by atoms with Crippen LogP contribution in [0.4, 0.5) is 0 Å². The summed E-state index contributed by atoms with van der Waals surface area (Å²) in [5.41, 5.74) is 3.81. The Bertz CT molecular complexity index is 369. The predicted molar refractivity (Wildman–Crippen MR) is 55.9 cm³/mol. The third-order valence-electron chi connectivity index (χ3n) is 2.54. The average Bonchev–Trinajstić information content (AvgIpc) is 2.08. The number of hydrogen-bond donors (Lipinski definition) is 0. The molecule has 0 unspecified atom stereocenters. The van der Waals surface area contributed by atoms with Gasteiger partial charge in [-0.2, -0.15) is 0 Å². The van der Waals surface area contributed by atoms with Crippen LogP contribution >= 0.6 is 15.9 Å². The molecular weight excluding hydrogens is 228 g/mol. The molecule has 1 aliphatic rings. The number of benzene rings is 1. The van der Waals surface area contributed by atoms with E-state index in [0.717, 1.165) is 10.9 Å². The third-order valence-corrected chi connectivity index (χ3v) is 3.40. The molecule has 0 saturated heterocycles. The van der Waals surface area contributed by atoms with E-state index in [4.69, 9.17) is 0 Å². The Kier molecular flexibility index (Phi) is 2.24. The first kappa shape index (κ1) is 8.95. The fraction of sp³-hybridized carbons (Fsp3) is 0.364. The molecule has 0 aromatic heterocycles. The number of ketones is 1. The first-order chi connectivity index (χ1) is 6.16. The Morgan fingerprint density at radius 2 is 2.00 bits per heavy atom. The Morgan fingerprint density at radius 3 is 2.77 bits per heavy atom. The molecule has 1 aliphatic carbocycles. The van der Waals surface area contributed by atoms with Crippen LogP contribution in [0.5, 0.6) is 0 Å². The molecule has 0 N–H and O–H groups in total. The summed E-state index contributed by atoms with van der Waals surface area (Å²) in [6, 6.07) is 4.27. The number of hydrogen-bond acceptors (Lipinski definition) is 1. The van der Waals surface area contributed by atoms with Crippen LogP contribution in [0.1, 0.15) is 23.1 Å².